The number of nitrogens with zero attached hydrogens (tertiary/aromatic N) is 1. The first-order chi connectivity index (χ1) is 5.27. The van der Waals surface area contributed by atoms with Crippen molar-refractivity contribution in [1.29, 1.82) is 0 Å². The molecule has 0 fully saturated rings. The maximum Gasteiger partial charge on any atom is 0.331 e. The molecule has 1 aliphatic heterocycles. The molecule has 0 saturated carbocycles. The summed E-state index contributed by atoms with van der Waals surface area (Å²) in [5.74, 6) is 0.389. The van der Waals surface area contributed by atoms with Gasteiger partial charge in [-0.25, -0.2) is 4.79 Å². The van der Waals surface area contributed by atoms with Gasteiger partial charge in [0.25, 0.3) is 0 Å². The third kappa shape index (κ3) is 4.17. The van der Waals surface area contributed by atoms with Crippen molar-refractivity contribution >= 4 is 47.6 Å². The first kappa shape index (κ1) is 15.5. The summed E-state index contributed by atoms with van der Waals surface area (Å²) in [5.41, 5.74) is 5.33. The summed E-state index contributed by atoms with van der Waals surface area (Å²) >= 11 is 1.52. The number of carbonyl (C=O) groups excluding carboxylic acids is 1. The highest BCUT2D eigenvalue weighted by atomic mass is 35.5. The first-order valence-corrected chi connectivity index (χ1v) is 4.24. The van der Waals surface area contributed by atoms with Crippen LogP contribution in [-0.2, 0) is 9.53 Å². The smallest absolute Gasteiger partial charge is 0.331 e. The van der Waals surface area contributed by atoms with Crippen molar-refractivity contribution in [2.45, 2.75) is 6.04 Å². The second kappa shape index (κ2) is 7.44. The van der Waals surface area contributed by atoms with Gasteiger partial charge in [-0.3, -0.25) is 4.99 Å². The van der Waals surface area contributed by atoms with Crippen molar-refractivity contribution in [2.24, 2.45) is 10.7 Å². The van der Waals surface area contributed by atoms with E-state index in [0.29, 0.717) is 12.3 Å². The predicted octanol–water partition coefficient (Wildman–Crippen LogP) is 0.476. The van der Waals surface area contributed by atoms with Gasteiger partial charge in [-0.1, -0.05) is 0 Å². The van der Waals surface area contributed by atoms with Crippen LogP contribution in [0.5, 0.6) is 0 Å². The Balaban J connectivity index is 0. The lowest BCUT2D eigenvalue weighted by molar-refractivity contribution is -0.141. The molecule has 0 saturated heterocycles. The molecule has 0 aromatic rings. The number of aliphatic imine (C=N–C) groups is 1. The minimum atomic E-state index is -0.330. The number of rotatable bonds is 2. The average molecular weight is 247 g/mol. The van der Waals surface area contributed by atoms with Gasteiger partial charge in [-0.2, -0.15) is 0 Å². The molecular weight excluding hydrogens is 235 g/mol. The van der Waals surface area contributed by atoms with Crippen LogP contribution in [0.2, 0.25) is 0 Å². The van der Waals surface area contributed by atoms with E-state index >= 15 is 0 Å². The number of nitrogens with two attached hydrogens (primary N) is 1. The highest BCUT2D eigenvalue weighted by molar-refractivity contribution is 8.14. The van der Waals surface area contributed by atoms with Gasteiger partial charge < -0.3 is 10.5 Å². The molecule has 0 aliphatic carbocycles. The summed E-state index contributed by atoms with van der Waals surface area (Å²) in [6.07, 6.45) is 0. The van der Waals surface area contributed by atoms with Crippen molar-refractivity contribution in [1.82, 2.24) is 0 Å². The van der Waals surface area contributed by atoms with Gasteiger partial charge in [0.2, 0.25) is 0 Å². The number of carbonyl (C=O) groups is 1. The zero-order chi connectivity index (χ0) is 8.27. The van der Waals surface area contributed by atoms with Gasteiger partial charge in [-0.05, 0) is 0 Å². The quantitative estimate of drug-likeness (QED) is 0.720. The molecule has 13 heavy (non-hydrogen) atoms. The number of esters is 1. The highest BCUT2D eigenvalue weighted by Gasteiger charge is 2.24. The van der Waals surface area contributed by atoms with E-state index in [2.05, 4.69) is 9.73 Å². The van der Waals surface area contributed by atoms with E-state index in [9.17, 15) is 4.79 Å². The van der Waals surface area contributed by atoms with Crippen LogP contribution in [0.4, 0.5) is 0 Å². The van der Waals surface area contributed by atoms with Crippen LogP contribution < -0.4 is 5.73 Å². The van der Waals surface area contributed by atoms with Gasteiger partial charge in [0.05, 0.1) is 12.2 Å². The van der Waals surface area contributed by atoms with Crippen LogP contribution in [0.3, 0.4) is 0 Å². The Hall–Kier alpha value is 0.0300. The van der Waals surface area contributed by atoms with Crippen LogP contribution in [0, 0.1) is 0 Å². The molecule has 0 amide bonds. The fraction of sp³-hybridized carbons (Fsp3) is 0.667. The largest absolute Gasteiger partial charge is 0.467 e. The normalized spacial score (nSPS) is 19.5. The number of thioether (sulfide) groups is 1. The van der Waals surface area contributed by atoms with E-state index in [0.717, 1.165) is 5.04 Å². The maximum absolute atomic E-state index is 10.9. The van der Waals surface area contributed by atoms with Gasteiger partial charge in [0, 0.05) is 12.3 Å². The number of methoxy groups -OCH3 is 1. The van der Waals surface area contributed by atoms with Crippen LogP contribution >= 0.6 is 36.6 Å². The molecule has 1 unspecified atom stereocenters. The van der Waals surface area contributed by atoms with Crippen molar-refractivity contribution in [3.63, 3.8) is 0 Å². The van der Waals surface area contributed by atoms with E-state index in [1.165, 1.54) is 18.9 Å². The molecule has 0 radical (unpaired) electrons. The molecule has 0 bridgehead atoms. The Bertz CT molecular complexity index is 201. The molecule has 2 N–H and O–H groups in total. The minimum Gasteiger partial charge on any atom is -0.467 e. The Morgan fingerprint density at radius 1 is 1.77 bits per heavy atom. The molecule has 1 heterocycles. The van der Waals surface area contributed by atoms with E-state index in [4.69, 9.17) is 5.73 Å². The molecule has 1 atom stereocenters. The zero-order valence-electron chi connectivity index (χ0n) is 7.06. The molecule has 0 spiro atoms. The summed E-state index contributed by atoms with van der Waals surface area (Å²) in [7, 11) is 1.36. The lowest BCUT2D eigenvalue weighted by atomic mass is 10.4. The lowest BCUT2D eigenvalue weighted by Crippen LogP contribution is -2.20. The number of ether oxygens (including phenoxy) is 1. The number of hydrogen-bond acceptors (Lipinski definition) is 5. The van der Waals surface area contributed by atoms with Gasteiger partial charge >= 0.3 is 5.97 Å². The van der Waals surface area contributed by atoms with E-state index in [-0.39, 0.29) is 36.8 Å². The van der Waals surface area contributed by atoms with Gasteiger partial charge in [0.15, 0.2) is 6.04 Å². The standard InChI is InChI=1S/C6H10N2O2S.2ClH/c1-10-6(9)4-3-11-5(2-7)8-4;;/h4H,2-3,7H2,1H3;2*1H. The second-order valence-electron chi connectivity index (χ2n) is 2.08. The van der Waals surface area contributed by atoms with Crippen molar-refractivity contribution < 1.29 is 9.53 Å². The van der Waals surface area contributed by atoms with Crippen molar-refractivity contribution in [3.8, 4) is 0 Å². The molecular formula is C6H12Cl2N2O2S. The first-order valence-electron chi connectivity index (χ1n) is 3.25. The summed E-state index contributed by atoms with van der Waals surface area (Å²) in [5, 5.41) is 0.834. The van der Waals surface area contributed by atoms with Crippen LogP contribution in [0.1, 0.15) is 0 Å². The molecule has 0 aromatic heterocycles. The van der Waals surface area contributed by atoms with Crippen LogP contribution in [-0.4, -0.2) is 36.5 Å². The fourth-order valence-corrected chi connectivity index (χ4v) is 1.67. The molecule has 7 heteroatoms. The van der Waals surface area contributed by atoms with E-state index in [1.54, 1.807) is 0 Å². The molecule has 1 rings (SSSR count). The Morgan fingerprint density at radius 2 is 2.38 bits per heavy atom. The Morgan fingerprint density at radius 3 is 2.77 bits per heavy atom. The van der Waals surface area contributed by atoms with Crippen LogP contribution in [0.15, 0.2) is 4.99 Å². The third-order valence-corrected chi connectivity index (χ3v) is 2.44. The Labute approximate surface area is 93.5 Å². The van der Waals surface area contributed by atoms with Gasteiger partial charge in [-0.15, -0.1) is 36.6 Å². The summed E-state index contributed by atoms with van der Waals surface area (Å²) in [6.45, 7) is 0.415. The fourth-order valence-electron chi connectivity index (χ4n) is 0.792. The summed E-state index contributed by atoms with van der Waals surface area (Å²) in [4.78, 5) is 14.9. The summed E-state index contributed by atoms with van der Waals surface area (Å²) < 4.78 is 4.53. The number of halogens is 2. The molecule has 1 aliphatic rings. The maximum atomic E-state index is 10.9. The molecule has 78 valence electrons. The van der Waals surface area contributed by atoms with E-state index < -0.39 is 0 Å². The topological polar surface area (TPSA) is 64.7 Å². The third-order valence-electron chi connectivity index (χ3n) is 1.36. The lowest BCUT2D eigenvalue weighted by Gasteiger charge is -2.00. The minimum absolute atomic E-state index is 0. The number of hydrogen-bond donors (Lipinski definition) is 1. The predicted molar refractivity (Wildman–Crippen MR) is 59.2 cm³/mol. The highest BCUT2D eigenvalue weighted by Crippen LogP contribution is 2.17. The molecule has 0 aromatic carbocycles. The average Bonchev–Trinajstić information content (AvgIpc) is 2.50. The Kier molecular flexibility index (Phi) is 8.87. The summed E-state index contributed by atoms with van der Waals surface area (Å²) in [6, 6.07) is -0.330. The van der Waals surface area contributed by atoms with Gasteiger partial charge in [0.1, 0.15) is 0 Å². The van der Waals surface area contributed by atoms with E-state index in [1.807, 2.05) is 0 Å². The SMILES string of the molecule is COC(=O)C1CSC(CN)=N1.Cl.Cl. The molecule has 4 nitrogen and oxygen atoms in total. The van der Waals surface area contributed by atoms with Crippen molar-refractivity contribution in [2.75, 3.05) is 19.4 Å². The zero-order valence-corrected chi connectivity index (χ0v) is 9.51. The monoisotopic (exact) mass is 246 g/mol. The van der Waals surface area contributed by atoms with Crippen LogP contribution in [0.25, 0.3) is 0 Å². The van der Waals surface area contributed by atoms with Crippen molar-refractivity contribution in [3.05, 3.63) is 0 Å². The second-order valence-corrected chi connectivity index (χ2v) is 3.17.